The molecule has 3 heterocycles. The lowest BCUT2D eigenvalue weighted by Gasteiger charge is -2.20. The Labute approximate surface area is 179 Å². The number of nitrogens with one attached hydrogen (secondary N) is 2. The molecular weight excluding hydrogens is 392 g/mol. The largest absolute Gasteiger partial charge is 0.347 e. The third-order valence-electron chi connectivity index (χ3n) is 5.74. The molecule has 1 saturated heterocycles. The first-order chi connectivity index (χ1) is 15.1. The van der Waals surface area contributed by atoms with Gasteiger partial charge in [-0.1, -0.05) is 36.4 Å². The van der Waals surface area contributed by atoms with E-state index in [2.05, 4.69) is 15.6 Å². The van der Waals surface area contributed by atoms with E-state index in [0.29, 0.717) is 23.2 Å². The van der Waals surface area contributed by atoms with Crippen LogP contribution in [0.4, 0.5) is 5.69 Å². The minimum atomic E-state index is -0.626. The Morgan fingerprint density at radius 3 is 2.65 bits per heavy atom. The van der Waals surface area contributed by atoms with E-state index in [1.54, 1.807) is 29.3 Å². The zero-order chi connectivity index (χ0) is 21.4. The van der Waals surface area contributed by atoms with E-state index in [-0.39, 0.29) is 30.3 Å². The van der Waals surface area contributed by atoms with Crippen LogP contribution >= 0.6 is 0 Å². The van der Waals surface area contributed by atoms with Gasteiger partial charge in [-0.2, -0.15) is 0 Å². The molecule has 0 spiro atoms. The normalized spacial score (nSPS) is 19.8. The summed E-state index contributed by atoms with van der Waals surface area (Å²) in [6.07, 6.45) is 3.45. The average molecular weight is 412 g/mol. The third-order valence-corrected chi connectivity index (χ3v) is 5.74. The van der Waals surface area contributed by atoms with Gasteiger partial charge >= 0.3 is 0 Å². The lowest BCUT2D eigenvalue weighted by molar-refractivity contribution is -0.119. The van der Waals surface area contributed by atoms with Crippen molar-refractivity contribution in [2.75, 3.05) is 11.9 Å². The number of benzene rings is 2. The van der Waals surface area contributed by atoms with E-state index in [0.717, 1.165) is 11.1 Å². The molecule has 2 aliphatic rings. The lowest BCUT2D eigenvalue weighted by atomic mass is 10.0. The van der Waals surface area contributed by atoms with Gasteiger partial charge in [0.05, 0.1) is 16.8 Å². The number of carbonyl (C=O) groups excluding carboxylic acids is 3. The fourth-order valence-corrected chi connectivity index (χ4v) is 4.19. The standard InChI is InChI=1S/C24H20N4O3/c29-22(17-7-4-10-25-13-17)26-18-12-21-23(30)27-20-9-8-16(15-5-2-1-3-6-15)11-19(20)24(31)28(21)14-18/h1-11,13,18,21H,12,14H2,(H,26,29)(H,27,30)/t18-,21-/m0/s1. The SMILES string of the molecule is O=C(N[C@H]1C[C@H]2C(=O)Nc3ccc(-c4ccccc4)cc3C(=O)N2C1)c1cccnc1. The van der Waals surface area contributed by atoms with Crippen molar-refractivity contribution in [3.05, 3.63) is 84.2 Å². The Morgan fingerprint density at radius 2 is 1.87 bits per heavy atom. The first-order valence-electron chi connectivity index (χ1n) is 10.1. The molecular formula is C24H20N4O3. The van der Waals surface area contributed by atoms with Crippen molar-refractivity contribution in [3.63, 3.8) is 0 Å². The Morgan fingerprint density at radius 1 is 1.03 bits per heavy atom. The van der Waals surface area contributed by atoms with E-state index < -0.39 is 6.04 Å². The van der Waals surface area contributed by atoms with Crippen LogP contribution in [0.1, 0.15) is 27.1 Å². The topological polar surface area (TPSA) is 91.4 Å². The number of hydrogen-bond donors (Lipinski definition) is 2. The summed E-state index contributed by atoms with van der Waals surface area (Å²) in [6, 6.07) is 17.7. The van der Waals surface area contributed by atoms with Crippen molar-refractivity contribution in [1.82, 2.24) is 15.2 Å². The van der Waals surface area contributed by atoms with E-state index in [9.17, 15) is 14.4 Å². The third kappa shape index (κ3) is 3.54. The molecule has 3 amide bonds. The van der Waals surface area contributed by atoms with Gasteiger partial charge in [-0.3, -0.25) is 19.4 Å². The van der Waals surface area contributed by atoms with Gasteiger partial charge in [0.1, 0.15) is 6.04 Å². The molecule has 0 radical (unpaired) electrons. The molecule has 1 fully saturated rings. The number of rotatable bonds is 3. The van der Waals surface area contributed by atoms with Crippen LogP contribution in [0.2, 0.25) is 0 Å². The van der Waals surface area contributed by atoms with Crippen LogP contribution < -0.4 is 10.6 Å². The van der Waals surface area contributed by atoms with Gasteiger partial charge in [0.2, 0.25) is 5.91 Å². The van der Waals surface area contributed by atoms with Crippen LogP contribution in [0.3, 0.4) is 0 Å². The van der Waals surface area contributed by atoms with Crippen molar-refractivity contribution in [2.24, 2.45) is 0 Å². The number of carbonyl (C=O) groups is 3. The summed E-state index contributed by atoms with van der Waals surface area (Å²) < 4.78 is 0. The number of amides is 3. The minimum Gasteiger partial charge on any atom is -0.347 e. The van der Waals surface area contributed by atoms with Gasteiger partial charge in [0.25, 0.3) is 11.8 Å². The van der Waals surface area contributed by atoms with Crippen LogP contribution in [0, 0.1) is 0 Å². The highest BCUT2D eigenvalue weighted by atomic mass is 16.2. The van der Waals surface area contributed by atoms with E-state index in [1.165, 1.54) is 6.20 Å². The Bertz CT molecular complexity index is 1160. The smallest absolute Gasteiger partial charge is 0.256 e. The molecule has 1 aromatic heterocycles. The highest BCUT2D eigenvalue weighted by Crippen LogP contribution is 2.32. The molecule has 0 aliphatic carbocycles. The highest BCUT2D eigenvalue weighted by molar-refractivity contribution is 6.11. The number of hydrogen-bond acceptors (Lipinski definition) is 4. The van der Waals surface area contributed by atoms with Gasteiger partial charge in [0.15, 0.2) is 0 Å². The first-order valence-corrected chi connectivity index (χ1v) is 10.1. The van der Waals surface area contributed by atoms with Crippen molar-refractivity contribution in [1.29, 1.82) is 0 Å². The van der Waals surface area contributed by atoms with Gasteiger partial charge < -0.3 is 15.5 Å². The number of nitrogens with zero attached hydrogens (tertiary/aromatic N) is 2. The van der Waals surface area contributed by atoms with E-state index in [4.69, 9.17) is 0 Å². The quantitative estimate of drug-likeness (QED) is 0.692. The maximum absolute atomic E-state index is 13.4. The lowest BCUT2D eigenvalue weighted by Crippen LogP contribution is -2.41. The van der Waals surface area contributed by atoms with Gasteiger partial charge in [-0.05, 0) is 41.8 Å². The summed E-state index contributed by atoms with van der Waals surface area (Å²) >= 11 is 0. The summed E-state index contributed by atoms with van der Waals surface area (Å²) in [4.78, 5) is 44.2. The van der Waals surface area contributed by atoms with Crippen molar-refractivity contribution < 1.29 is 14.4 Å². The van der Waals surface area contributed by atoms with Crippen LogP contribution in [0.5, 0.6) is 0 Å². The number of aromatic nitrogens is 1. The molecule has 5 rings (SSSR count). The predicted octanol–water partition coefficient (Wildman–Crippen LogP) is 2.71. The molecule has 0 saturated carbocycles. The highest BCUT2D eigenvalue weighted by Gasteiger charge is 2.43. The number of pyridine rings is 1. The summed E-state index contributed by atoms with van der Waals surface area (Å²) in [6.45, 7) is 0.276. The minimum absolute atomic E-state index is 0.214. The number of fused-ring (bicyclic) bond motifs is 2. The average Bonchev–Trinajstić information content (AvgIpc) is 3.20. The summed E-state index contributed by atoms with van der Waals surface area (Å²) in [5.74, 6) is -0.720. The molecule has 2 N–H and O–H groups in total. The van der Waals surface area contributed by atoms with E-state index >= 15 is 0 Å². The van der Waals surface area contributed by atoms with Crippen LogP contribution in [0.15, 0.2) is 73.1 Å². The Kier molecular flexibility index (Phi) is 4.71. The van der Waals surface area contributed by atoms with Gasteiger partial charge in [-0.25, -0.2) is 0 Å². The maximum atomic E-state index is 13.4. The molecule has 0 bridgehead atoms. The molecule has 7 nitrogen and oxygen atoms in total. The fraction of sp³-hybridized carbons (Fsp3) is 0.167. The Balaban J connectivity index is 1.40. The van der Waals surface area contributed by atoms with Crippen molar-refractivity contribution in [2.45, 2.75) is 18.5 Å². The monoisotopic (exact) mass is 412 g/mol. The molecule has 2 aliphatic heterocycles. The van der Waals surface area contributed by atoms with Crippen LogP contribution in [-0.4, -0.2) is 46.2 Å². The van der Waals surface area contributed by atoms with Gasteiger partial charge in [-0.15, -0.1) is 0 Å². The maximum Gasteiger partial charge on any atom is 0.256 e. The molecule has 2 atom stereocenters. The van der Waals surface area contributed by atoms with Crippen molar-refractivity contribution >= 4 is 23.4 Å². The van der Waals surface area contributed by atoms with Crippen LogP contribution in [-0.2, 0) is 4.79 Å². The Hall–Kier alpha value is -4.00. The summed E-state index contributed by atoms with van der Waals surface area (Å²) in [7, 11) is 0. The second kappa shape index (κ2) is 7.68. The summed E-state index contributed by atoms with van der Waals surface area (Å²) in [5, 5.41) is 5.81. The predicted molar refractivity (Wildman–Crippen MR) is 115 cm³/mol. The molecule has 0 unspecified atom stereocenters. The molecule has 154 valence electrons. The molecule has 2 aromatic carbocycles. The summed E-state index contributed by atoms with van der Waals surface area (Å²) in [5.41, 5.74) is 3.31. The molecule has 7 heteroatoms. The second-order valence-corrected chi connectivity index (χ2v) is 7.74. The van der Waals surface area contributed by atoms with Crippen molar-refractivity contribution in [3.8, 4) is 11.1 Å². The fourth-order valence-electron chi connectivity index (χ4n) is 4.19. The zero-order valence-corrected chi connectivity index (χ0v) is 16.6. The number of anilines is 1. The van der Waals surface area contributed by atoms with E-state index in [1.807, 2.05) is 42.5 Å². The van der Waals surface area contributed by atoms with Gasteiger partial charge in [0, 0.05) is 25.0 Å². The van der Waals surface area contributed by atoms with Crippen LogP contribution in [0.25, 0.3) is 11.1 Å². The zero-order valence-electron chi connectivity index (χ0n) is 16.6. The molecule has 31 heavy (non-hydrogen) atoms. The molecule has 3 aromatic rings. The second-order valence-electron chi connectivity index (χ2n) is 7.74. The first kappa shape index (κ1) is 19.0.